The van der Waals surface area contributed by atoms with Gasteiger partial charge in [0.15, 0.2) is 5.82 Å². The second kappa shape index (κ2) is 5.09. The fraction of sp³-hybridized carbons (Fsp3) is 0.0909. The molecule has 0 aliphatic rings. The summed E-state index contributed by atoms with van der Waals surface area (Å²) in [4.78, 5) is 27.1. The van der Waals surface area contributed by atoms with E-state index in [1.54, 1.807) is 19.2 Å². The molecule has 1 aromatic heterocycles. The summed E-state index contributed by atoms with van der Waals surface area (Å²) in [7, 11) is 1.56. The number of aromatic nitrogens is 2. The molecule has 2 rings (SSSR count). The molecule has 0 aliphatic carbocycles. The lowest BCUT2D eigenvalue weighted by Gasteiger charge is -2.00. The molecule has 0 unspecified atom stereocenters. The van der Waals surface area contributed by atoms with Crippen molar-refractivity contribution < 1.29 is 0 Å². The molecule has 7 heteroatoms. The predicted octanol–water partition coefficient (Wildman–Crippen LogP) is 1.52. The van der Waals surface area contributed by atoms with Gasteiger partial charge in [-0.05, 0) is 12.1 Å². The number of benzene rings is 1. The average molecular weight is 245 g/mol. The maximum Gasteiger partial charge on any atom is 0.327 e. The van der Waals surface area contributed by atoms with Crippen molar-refractivity contribution in [3.8, 4) is 0 Å². The van der Waals surface area contributed by atoms with E-state index >= 15 is 0 Å². The van der Waals surface area contributed by atoms with E-state index in [0.717, 1.165) is 0 Å². The number of nitrogens with one attached hydrogen (secondary N) is 3. The predicted molar refractivity (Wildman–Crippen MR) is 67.8 cm³/mol. The highest BCUT2D eigenvalue weighted by atomic mass is 16.2. The van der Waals surface area contributed by atoms with Gasteiger partial charge in [-0.3, -0.25) is 14.8 Å². The van der Waals surface area contributed by atoms with Crippen LogP contribution in [0.1, 0.15) is 0 Å². The Hall–Kier alpha value is -2.70. The highest BCUT2D eigenvalue weighted by Crippen LogP contribution is 2.18. The number of rotatable bonds is 3. The van der Waals surface area contributed by atoms with Gasteiger partial charge in [0, 0.05) is 7.05 Å². The molecule has 3 N–H and O–H groups in total. The largest absolute Gasteiger partial charge is 0.381 e. The minimum Gasteiger partial charge on any atom is -0.381 e. The monoisotopic (exact) mass is 245 g/mol. The van der Waals surface area contributed by atoms with Gasteiger partial charge in [0.1, 0.15) is 5.69 Å². The Morgan fingerprint density at radius 1 is 1.06 bits per heavy atom. The van der Waals surface area contributed by atoms with Crippen LogP contribution in [0.25, 0.3) is 0 Å². The van der Waals surface area contributed by atoms with Crippen LogP contribution in [0.15, 0.2) is 50.1 Å². The Bertz CT molecular complexity index is 672. The molecule has 0 aliphatic heterocycles. The maximum absolute atomic E-state index is 11.5. The zero-order chi connectivity index (χ0) is 13.0. The molecule has 0 saturated carbocycles. The number of hydrogen-bond acceptors (Lipinski definition) is 5. The van der Waals surface area contributed by atoms with Gasteiger partial charge in [-0.2, -0.15) is 0 Å². The first-order valence-electron chi connectivity index (χ1n) is 5.22. The van der Waals surface area contributed by atoms with E-state index in [9.17, 15) is 9.59 Å². The summed E-state index contributed by atoms with van der Waals surface area (Å²) in [6, 6.07) is 9.00. The lowest BCUT2D eigenvalue weighted by atomic mass is 10.3. The molecule has 0 radical (unpaired) electrons. The summed E-state index contributed by atoms with van der Waals surface area (Å²) in [6.07, 6.45) is 0. The van der Waals surface area contributed by atoms with Crippen molar-refractivity contribution in [1.29, 1.82) is 0 Å². The Labute approximate surface area is 102 Å². The fourth-order valence-corrected chi connectivity index (χ4v) is 1.38. The third-order valence-electron chi connectivity index (χ3n) is 2.19. The van der Waals surface area contributed by atoms with Crippen molar-refractivity contribution in [2.45, 2.75) is 0 Å². The number of anilines is 1. The van der Waals surface area contributed by atoms with Crippen molar-refractivity contribution in [3.05, 3.63) is 51.2 Å². The van der Waals surface area contributed by atoms with Gasteiger partial charge >= 0.3 is 5.69 Å². The van der Waals surface area contributed by atoms with Crippen LogP contribution in [-0.2, 0) is 0 Å². The smallest absolute Gasteiger partial charge is 0.327 e. The van der Waals surface area contributed by atoms with E-state index in [-0.39, 0.29) is 11.5 Å². The van der Waals surface area contributed by atoms with Crippen LogP contribution in [-0.4, -0.2) is 17.0 Å². The van der Waals surface area contributed by atoms with E-state index in [1.807, 2.05) is 18.2 Å². The van der Waals surface area contributed by atoms with Crippen molar-refractivity contribution in [3.63, 3.8) is 0 Å². The summed E-state index contributed by atoms with van der Waals surface area (Å²) in [5.74, 6) is 0.0927. The van der Waals surface area contributed by atoms with E-state index in [2.05, 4.69) is 25.5 Å². The summed E-state index contributed by atoms with van der Waals surface area (Å²) >= 11 is 0. The first-order chi connectivity index (χ1) is 8.70. The summed E-state index contributed by atoms with van der Waals surface area (Å²) in [5.41, 5.74) is -0.376. The van der Waals surface area contributed by atoms with Crippen molar-refractivity contribution in [2.75, 3.05) is 12.4 Å². The average Bonchev–Trinajstić information content (AvgIpc) is 2.37. The molecule has 92 valence electrons. The van der Waals surface area contributed by atoms with Gasteiger partial charge in [0.25, 0.3) is 5.56 Å². The van der Waals surface area contributed by atoms with Gasteiger partial charge in [-0.15, -0.1) is 10.2 Å². The van der Waals surface area contributed by atoms with Gasteiger partial charge < -0.3 is 5.32 Å². The van der Waals surface area contributed by atoms with Crippen LogP contribution < -0.4 is 16.6 Å². The topological polar surface area (TPSA) is 102 Å². The summed E-state index contributed by atoms with van der Waals surface area (Å²) in [6.45, 7) is 0. The molecule has 0 bridgehead atoms. The number of nitrogens with zero attached hydrogens (tertiary/aromatic N) is 2. The van der Waals surface area contributed by atoms with Crippen molar-refractivity contribution >= 4 is 17.2 Å². The summed E-state index contributed by atoms with van der Waals surface area (Å²) in [5, 5.41) is 10.4. The molecule has 1 aromatic carbocycles. The van der Waals surface area contributed by atoms with Crippen molar-refractivity contribution in [2.24, 2.45) is 10.2 Å². The number of hydrogen-bond donors (Lipinski definition) is 3. The van der Waals surface area contributed by atoms with Gasteiger partial charge in [0.2, 0.25) is 0 Å². The maximum atomic E-state index is 11.5. The quantitative estimate of drug-likeness (QED) is 0.714. The second-order valence-corrected chi connectivity index (χ2v) is 3.42. The standard InChI is InChI=1S/C11H11N5O2/c1-12-8-9(13-11(18)14-10(8)17)16-15-7-5-3-2-4-6-7/h2-6,12H,1H3,(H2,13,14,17,18). The molecule has 18 heavy (non-hydrogen) atoms. The van der Waals surface area contributed by atoms with Crippen LogP contribution in [0, 0.1) is 0 Å². The van der Waals surface area contributed by atoms with Crippen LogP contribution in [0.4, 0.5) is 17.2 Å². The SMILES string of the molecule is CNc1c(N=Nc2ccccc2)[nH]c(=O)[nH]c1=O. The molecular formula is C11H11N5O2. The van der Waals surface area contributed by atoms with E-state index in [1.165, 1.54) is 0 Å². The highest BCUT2D eigenvalue weighted by Gasteiger charge is 2.06. The molecule has 2 aromatic rings. The first kappa shape index (κ1) is 11.8. The van der Waals surface area contributed by atoms with Crippen LogP contribution in [0.3, 0.4) is 0 Å². The van der Waals surface area contributed by atoms with Crippen molar-refractivity contribution in [1.82, 2.24) is 9.97 Å². The zero-order valence-corrected chi connectivity index (χ0v) is 9.60. The van der Waals surface area contributed by atoms with E-state index in [0.29, 0.717) is 5.69 Å². The summed E-state index contributed by atoms with van der Waals surface area (Å²) < 4.78 is 0. The Morgan fingerprint density at radius 2 is 1.78 bits per heavy atom. The van der Waals surface area contributed by atoms with Crippen LogP contribution in [0.5, 0.6) is 0 Å². The minimum absolute atomic E-state index is 0.0927. The zero-order valence-electron chi connectivity index (χ0n) is 9.60. The molecule has 0 saturated heterocycles. The van der Waals surface area contributed by atoms with Gasteiger partial charge in [0.05, 0.1) is 5.69 Å². The Kier molecular flexibility index (Phi) is 3.33. The van der Waals surface area contributed by atoms with Crippen LogP contribution >= 0.6 is 0 Å². The number of aromatic amines is 2. The number of azo groups is 1. The highest BCUT2D eigenvalue weighted by molar-refractivity contribution is 5.58. The molecule has 0 fully saturated rings. The fourth-order valence-electron chi connectivity index (χ4n) is 1.38. The molecule has 7 nitrogen and oxygen atoms in total. The Morgan fingerprint density at radius 3 is 2.44 bits per heavy atom. The lowest BCUT2D eigenvalue weighted by molar-refractivity contribution is 1.01. The minimum atomic E-state index is -0.624. The molecule has 0 spiro atoms. The third kappa shape index (κ3) is 2.51. The normalized spacial score (nSPS) is 10.7. The molecule has 0 amide bonds. The molecule has 1 heterocycles. The first-order valence-corrected chi connectivity index (χ1v) is 5.22. The van der Waals surface area contributed by atoms with Crippen LogP contribution in [0.2, 0.25) is 0 Å². The Balaban J connectivity index is 2.43. The second-order valence-electron chi connectivity index (χ2n) is 3.42. The van der Waals surface area contributed by atoms with E-state index in [4.69, 9.17) is 0 Å². The molecule has 0 atom stereocenters. The van der Waals surface area contributed by atoms with E-state index < -0.39 is 11.2 Å². The molecular weight excluding hydrogens is 234 g/mol. The number of H-pyrrole nitrogens is 2. The lowest BCUT2D eigenvalue weighted by Crippen LogP contribution is -2.23. The van der Waals surface area contributed by atoms with Gasteiger partial charge in [-0.25, -0.2) is 4.79 Å². The third-order valence-corrected chi connectivity index (χ3v) is 2.19. The van der Waals surface area contributed by atoms with Gasteiger partial charge in [-0.1, -0.05) is 18.2 Å².